The smallest absolute Gasteiger partial charge is 0.00801 e. The van der Waals surface area contributed by atoms with Gasteiger partial charge in [0.05, 0.1) is 0 Å². The molecule has 12 heavy (non-hydrogen) atoms. The summed E-state index contributed by atoms with van der Waals surface area (Å²) in [6.07, 6.45) is 2.85. The number of piperidine rings is 1. The molecule has 2 aliphatic rings. The highest BCUT2D eigenvalue weighted by atomic mass is 35.5. The van der Waals surface area contributed by atoms with Crippen LogP contribution in [0.3, 0.4) is 0 Å². The number of hydrogen-bond acceptors (Lipinski definition) is 2. The molecule has 0 atom stereocenters. The van der Waals surface area contributed by atoms with E-state index >= 15 is 0 Å². The predicted molar refractivity (Wildman–Crippen MR) is 56.5 cm³/mol. The number of nitrogens with one attached hydrogen (secondary N) is 1. The largest absolute Gasteiger partial charge is 0.315 e. The van der Waals surface area contributed by atoms with Crippen LogP contribution in [0.1, 0.15) is 12.8 Å². The quantitative estimate of drug-likeness (QED) is 0.649. The molecule has 0 unspecified atom stereocenters. The van der Waals surface area contributed by atoms with Gasteiger partial charge in [-0.2, -0.15) is 0 Å². The normalized spacial score (nSPS) is 26.8. The number of nitrogens with zero attached hydrogens (tertiary/aromatic N) is 1. The molecule has 0 aromatic carbocycles. The maximum atomic E-state index is 3.37. The van der Waals surface area contributed by atoms with Crippen molar-refractivity contribution in [3.05, 3.63) is 0 Å². The van der Waals surface area contributed by atoms with Crippen molar-refractivity contribution >= 4 is 24.8 Å². The van der Waals surface area contributed by atoms with Gasteiger partial charge in [0.1, 0.15) is 0 Å². The molecular weight excluding hydrogens is 195 g/mol. The summed E-state index contributed by atoms with van der Waals surface area (Å²) in [5.41, 5.74) is 0.688. The van der Waals surface area contributed by atoms with E-state index in [4.69, 9.17) is 0 Å². The van der Waals surface area contributed by atoms with Crippen LogP contribution in [0.2, 0.25) is 0 Å². The molecule has 0 aliphatic carbocycles. The Morgan fingerprint density at radius 1 is 1.25 bits per heavy atom. The molecule has 0 aromatic heterocycles. The minimum atomic E-state index is 0. The Labute approximate surface area is 86.9 Å². The van der Waals surface area contributed by atoms with E-state index in [-0.39, 0.29) is 24.8 Å². The van der Waals surface area contributed by atoms with Gasteiger partial charge < -0.3 is 10.2 Å². The van der Waals surface area contributed by atoms with Gasteiger partial charge in [0.2, 0.25) is 0 Å². The SMILES string of the molecule is CN1CCCC2(CNC2)C1.Cl.Cl. The van der Waals surface area contributed by atoms with E-state index in [1.165, 1.54) is 39.0 Å². The summed E-state index contributed by atoms with van der Waals surface area (Å²) in [6.45, 7) is 5.15. The lowest BCUT2D eigenvalue weighted by molar-refractivity contribution is 0.0558. The molecule has 0 aromatic rings. The highest BCUT2D eigenvalue weighted by Gasteiger charge is 2.39. The average molecular weight is 213 g/mol. The first-order chi connectivity index (χ1) is 4.81. The van der Waals surface area contributed by atoms with Crippen LogP contribution in [-0.2, 0) is 0 Å². The lowest BCUT2D eigenvalue weighted by Gasteiger charge is -2.48. The summed E-state index contributed by atoms with van der Waals surface area (Å²) in [7, 11) is 2.24. The molecule has 0 radical (unpaired) electrons. The predicted octanol–water partition coefficient (Wildman–Crippen LogP) is 1.15. The molecule has 2 saturated heterocycles. The lowest BCUT2D eigenvalue weighted by atomic mass is 9.75. The second kappa shape index (κ2) is 4.66. The van der Waals surface area contributed by atoms with Gasteiger partial charge in [0, 0.05) is 25.0 Å². The zero-order valence-electron chi connectivity index (χ0n) is 7.51. The molecule has 4 heteroatoms. The molecule has 2 nitrogen and oxygen atoms in total. The molecule has 2 aliphatic heterocycles. The molecule has 0 amide bonds. The Balaban J connectivity index is 0.000000605. The third-order valence-electron chi connectivity index (χ3n) is 2.85. The first-order valence-corrected chi connectivity index (χ1v) is 4.20. The van der Waals surface area contributed by atoms with Gasteiger partial charge in [-0.05, 0) is 26.4 Å². The van der Waals surface area contributed by atoms with E-state index in [1.807, 2.05) is 0 Å². The second-order valence-electron chi connectivity index (χ2n) is 3.94. The highest BCUT2D eigenvalue weighted by molar-refractivity contribution is 5.85. The zero-order valence-corrected chi connectivity index (χ0v) is 9.14. The van der Waals surface area contributed by atoms with Gasteiger partial charge in [-0.15, -0.1) is 24.8 Å². The molecular formula is C8H18Cl2N2. The summed E-state index contributed by atoms with van der Waals surface area (Å²) in [4.78, 5) is 2.46. The van der Waals surface area contributed by atoms with Crippen molar-refractivity contribution in [1.29, 1.82) is 0 Å². The molecule has 2 heterocycles. The van der Waals surface area contributed by atoms with Crippen molar-refractivity contribution < 1.29 is 0 Å². The van der Waals surface area contributed by atoms with Crippen molar-refractivity contribution in [3.63, 3.8) is 0 Å². The molecule has 1 N–H and O–H groups in total. The van der Waals surface area contributed by atoms with E-state index < -0.39 is 0 Å². The Hall–Kier alpha value is 0.500. The number of rotatable bonds is 0. The second-order valence-corrected chi connectivity index (χ2v) is 3.94. The molecule has 2 fully saturated rings. The van der Waals surface area contributed by atoms with E-state index in [9.17, 15) is 0 Å². The van der Waals surface area contributed by atoms with Crippen LogP contribution in [-0.4, -0.2) is 38.1 Å². The highest BCUT2D eigenvalue weighted by Crippen LogP contribution is 2.32. The Morgan fingerprint density at radius 3 is 2.25 bits per heavy atom. The molecule has 1 spiro atoms. The Bertz CT molecular complexity index is 137. The minimum Gasteiger partial charge on any atom is -0.315 e. The number of halogens is 2. The van der Waals surface area contributed by atoms with Gasteiger partial charge in [-0.25, -0.2) is 0 Å². The van der Waals surface area contributed by atoms with Crippen LogP contribution in [0.25, 0.3) is 0 Å². The summed E-state index contributed by atoms with van der Waals surface area (Å²) in [5.74, 6) is 0. The third-order valence-corrected chi connectivity index (χ3v) is 2.85. The van der Waals surface area contributed by atoms with Crippen LogP contribution >= 0.6 is 24.8 Å². The van der Waals surface area contributed by atoms with Gasteiger partial charge in [0.25, 0.3) is 0 Å². The van der Waals surface area contributed by atoms with Crippen molar-refractivity contribution in [2.75, 3.05) is 33.2 Å². The molecule has 0 bridgehead atoms. The average Bonchev–Trinajstić information content (AvgIpc) is 1.85. The monoisotopic (exact) mass is 212 g/mol. The van der Waals surface area contributed by atoms with Crippen LogP contribution < -0.4 is 5.32 Å². The van der Waals surface area contributed by atoms with Gasteiger partial charge in [-0.3, -0.25) is 0 Å². The zero-order chi connectivity index (χ0) is 7.03. The maximum Gasteiger partial charge on any atom is 0.00801 e. The van der Waals surface area contributed by atoms with Crippen molar-refractivity contribution in [2.45, 2.75) is 12.8 Å². The van der Waals surface area contributed by atoms with Gasteiger partial charge >= 0.3 is 0 Å². The third kappa shape index (κ3) is 2.25. The number of likely N-dealkylation sites (tertiary alicyclic amines) is 1. The minimum absolute atomic E-state index is 0. The van der Waals surface area contributed by atoms with E-state index in [0.717, 1.165) is 0 Å². The van der Waals surface area contributed by atoms with Crippen LogP contribution in [0.4, 0.5) is 0 Å². The topological polar surface area (TPSA) is 15.3 Å². The first kappa shape index (κ1) is 12.5. The standard InChI is InChI=1S/C8H16N2.2ClH/c1-10-4-2-3-8(7-10)5-9-6-8;;/h9H,2-7H2,1H3;2*1H. The van der Waals surface area contributed by atoms with Crippen molar-refractivity contribution in [2.24, 2.45) is 5.41 Å². The fourth-order valence-corrected chi connectivity index (χ4v) is 2.22. The Kier molecular flexibility index (Phi) is 4.85. The first-order valence-electron chi connectivity index (χ1n) is 4.20. The van der Waals surface area contributed by atoms with Gasteiger partial charge in [-0.1, -0.05) is 0 Å². The molecule has 0 saturated carbocycles. The van der Waals surface area contributed by atoms with Crippen molar-refractivity contribution in [3.8, 4) is 0 Å². The molecule has 74 valence electrons. The lowest BCUT2D eigenvalue weighted by Crippen LogP contribution is -2.60. The summed E-state index contributed by atoms with van der Waals surface area (Å²) < 4.78 is 0. The van der Waals surface area contributed by atoms with E-state index in [0.29, 0.717) is 5.41 Å². The van der Waals surface area contributed by atoms with E-state index in [1.54, 1.807) is 0 Å². The van der Waals surface area contributed by atoms with Gasteiger partial charge in [0.15, 0.2) is 0 Å². The summed E-state index contributed by atoms with van der Waals surface area (Å²) >= 11 is 0. The fourth-order valence-electron chi connectivity index (χ4n) is 2.22. The number of hydrogen-bond donors (Lipinski definition) is 1. The fraction of sp³-hybridized carbons (Fsp3) is 1.00. The summed E-state index contributed by atoms with van der Waals surface area (Å²) in [6, 6.07) is 0. The molecule has 2 rings (SSSR count). The van der Waals surface area contributed by atoms with Crippen LogP contribution in [0.5, 0.6) is 0 Å². The van der Waals surface area contributed by atoms with Crippen molar-refractivity contribution in [1.82, 2.24) is 10.2 Å². The Morgan fingerprint density at radius 2 is 1.92 bits per heavy atom. The summed E-state index contributed by atoms with van der Waals surface area (Å²) in [5, 5.41) is 3.37. The maximum absolute atomic E-state index is 3.37. The van der Waals surface area contributed by atoms with E-state index in [2.05, 4.69) is 17.3 Å². The van der Waals surface area contributed by atoms with Crippen LogP contribution in [0, 0.1) is 5.41 Å². The van der Waals surface area contributed by atoms with Crippen LogP contribution in [0.15, 0.2) is 0 Å².